The van der Waals surface area contributed by atoms with Crippen LogP contribution < -0.4 is 4.74 Å². The van der Waals surface area contributed by atoms with Gasteiger partial charge in [0, 0.05) is 29.9 Å². The van der Waals surface area contributed by atoms with Crippen molar-refractivity contribution < 1.29 is 13.9 Å². The highest BCUT2D eigenvalue weighted by molar-refractivity contribution is 6.30. The second-order valence-electron chi connectivity index (χ2n) is 9.95. The number of nitrogens with zero attached hydrogens (tertiary/aromatic N) is 5. The first-order valence-electron chi connectivity index (χ1n) is 12.5. The topological polar surface area (TPSA) is 63.0 Å². The van der Waals surface area contributed by atoms with Crippen LogP contribution in [0.25, 0.3) is 5.65 Å². The zero-order chi connectivity index (χ0) is 24.1. The Hall–Kier alpha value is -2.71. The van der Waals surface area contributed by atoms with Gasteiger partial charge in [0.15, 0.2) is 5.65 Å². The van der Waals surface area contributed by atoms with Crippen molar-refractivity contribution in [3.8, 4) is 5.75 Å². The second kappa shape index (κ2) is 9.06. The SMILES string of the molecule is CCCCN1C2CCC1CC(Oc1cc(F)ccc1C(=O)N1Cc3nn4cc(Cl)cnc4c3C1)C2. The van der Waals surface area contributed by atoms with Crippen LogP contribution in [0.15, 0.2) is 30.6 Å². The molecule has 6 rings (SSSR count). The number of fused-ring (bicyclic) bond motifs is 5. The predicted molar refractivity (Wildman–Crippen MR) is 130 cm³/mol. The molecular formula is C26H29ClFN5O2. The van der Waals surface area contributed by atoms with Gasteiger partial charge >= 0.3 is 0 Å². The molecule has 7 nitrogen and oxygen atoms in total. The zero-order valence-electron chi connectivity index (χ0n) is 19.8. The van der Waals surface area contributed by atoms with E-state index >= 15 is 0 Å². The molecule has 2 saturated heterocycles. The molecule has 2 unspecified atom stereocenters. The van der Waals surface area contributed by atoms with Crippen molar-refractivity contribution in [2.75, 3.05) is 6.54 Å². The standard InChI is InChI=1S/C26H29ClFN5O2/c1-2-3-8-32-18-5-6-19(32)11-20(10-18)35-24-9-17(28)4-7-21(24)26(34)31-14-22-23(15-31)30-33-13-16(27)12-29-25(22)33/h4,7,9,12-13,18-20H,2-3,5-6,8,10-11,14-15H2,1H3. The molecule has 9 heteroatoms. The van der Waals surface area contributed by atoms with E-state index in [2.05, 4.69) is 21.9 Å². The van der Waals surface area contributed by atoms with E-state index in [4.69, 9.17) is 16.3 Å². The largest absolute Gasteiger partial charge is 0.489 e. The molecule has 1 aromatic carbocycles. The molecule has 2 atom stereocenters. The van der Waals surface area contributed by atoms with Gasteiger partial charge in [-0.3, -0.25) is 9.69 Å². The van der Waals surface area contributed by atoms with Crippen molar-refractivity contribution in [1.29, 1.82) is 0 Å². The molecule has 5 heterocycles. The van der Waals surface area contributed by atoms with Crippen molar-refractivity contribution >= 4 is 23.2 Å². The number of piperidine rings is 1. The molecule has 1 amide bonds. The smallest absolute Gasteiger partial charge is 0.258 e. The van der Waals surface area contributed by atoms with Crippen LogP contribution in [0.3, 0.4) is 0 Å². The second-order valence-corrected chi connectivity index (χ2v) is 10.4. The van der Waals surface area contributed by atoms with E-state index in [9.17, 15) is 9.18 Å². The van der Waals surface area contributed by atoms with Gasteiger partial charge in [-0.1, -0.05) is 24.9 Å². The molecule has 35 heavy (non-hydrogen) atoms. The summed E-state index contributed by atoms with van der Waals surface area (Å²) in [6, 6.07) is 5.26. The van der Waals surface area contributed by atoms with E-state index in [0.29, 0.717) is 47.2 Å². The Morgan fingerprint density at radius 3 is 2.80 bits per heavy atom. The van der Waals surface area contributed by atoms with E-state index in [1.807, 2.05) is 0 Å². The highest BCUT2D eigenvalue weighted by Crippen LogP contribution is 2.38. The van der Waals surface area contributed by atoms with Crippen LogP contribution in [0.5, 0.6) is 5.75 Å². The van der Waals surface area contributed by atoms with Gasteiger partial charge in [-0.25, -0.2) is 13.9 Å². The third-order valence-corrected chi connectivity index (χ3v) is 7.87. The lowest BCUT2D eigenvalue weighted by atomic mass is 9.99. The van der Waals surface area contributed by atoms with Gasteiger partial charge in [0.05, 0.1) is 35.6 Å². The summed E-state index contributed by atoms with van der Waals surface area (Å²) in [5.41, 5.74) is 2.80. The molecule has 0 saturated carbocycles. The lowest BCUT2D eigenvalue weighted by Crippen LogP contribution is -2.46. The molecule has 3 aliphatic rings. The fourth-order valence-electron chi connectivity index (χ4n) is 6.01. The quantitative estimate of drug-likeness (QED) is 0.487. The number of aromatic nitrogens is 3. The lowest BCUT2D eigenvalue weighted by molar-refractivity contribution is 0.0471. The van der Waals surface area contributed by atoms with Gasteiger partial charge in [-0.15, -0.1) is 0 Å². The summed E-state index contributed by atoms with van der Waals surface area (Å²) < 4.78 is 22.3. The van der Waals surface area contributed by atoms with Crippen LogP contribution in [-0.2, 0) is 13.1 Å². The fourth-order valence-corrected chi connectivity index (χ4v) is 6.15. The minimum absolute atomic E-state index is 0.00680. The van der Waals surface area contributed by atoms with E-state index in [0.717, 1.165) is 30.6 Å². The maximum absolute atomic E-state index is 14.2. The monoisotopic (exact) mass is 497 g/mol. The average molecular weight is 498 g/mol. The Morgan fingerprint density at radius 2 is 2.03 bits per heavy atom. The highest BCUT2D eigenvalue weighted by atomic mass is 35.5. The zero-order valence-corrected chi connectivity index (χ0v) is 20.5. The van der Waals surface area contributed by atoms with Crippen molar-refractivity contribution in [2.24, 2.45) is 0 Å². The minimum atomic E-state index is -0.400. The lowest BCUT2D eigenvalue weighted by Gasteiger charge is -2.39. The van der Waals surface area contributed by atoms with Crippen LogP contribution in [-0.4, -0.2) is 55.0 Å². The van der Waals surface area contributed by atoms with Crippen molar-refractivity contribution in [3.05, 3.63) is 58.3 Å². The minimum Gasteiger partial charge on any atom is -0.489 e. The Balaban J connectivity index is 1.19. The number of halogens is 2. The molecule has 2 bridgehead atoms. The van der Waals surface area contributed by atoms with Crippen LogP contribution >= 0.6 is 11.6 Å². The Labute approximate surface area is 208 Å². The Morgan fingerprint density at radius 1 is 1.23 bits per heavy atom. The molecule has 2 aromatic heterocycles. The Bertz CT molecular complexity index is 1270. The van der Waals surface area contributed by atoms with Gasteiger partial charge in [-0.2, -0.15) is 5.10 Å². The predicted octanol–water partition coefficient (Wildman–Crippen LogP) is 4.85. The number of benzene rings is 1. The normalized spacial score (nSPS) is 23.7. The molecule has 184 valence electrons. The maximum Gasteiger partial charge on any atom is 0.258 e. The summed E-state index contributed by atoms with van der Waals surface area (Å²) in [6.07, 6.45) is 9.92. The number of rotatable bonds is 6. The molecule has 3 aliphatic heterocycles. The van der Waals surface area contributed by atoms with Crippen molar-refractivity contribution in [2.45, 2.75) is 76.7 Å². The Kier molecular flexibility index (Phi) is 5.89. The summed E-state index contributed by atoms with van der Waals surface area (Å²) in [5, 5.41) is 5.05. The van der Waals surface area contributed by atoms with Crippen LogP contribution in [0.4, 0.5) is 4.39 Å². The van der Waals surface area contributed by atoms with E-state index in [1.165, 1.54) is 37.8 Å². The van der Waals surface area contributed by atoms with Crippen LogP contribution in [0.2, 0.25) is 5.02 Å². The van der Waals surface area contributed by atoms with E-state index in [-0.39, 0.29) is 12.0 Å². The first kappa shape index (κ1) is 22.7. The van der Waals surface area contributed by atoms with Gasteiger partial charge in [-0.05, 0) is 50.8 Å². The number of carbonyl (C=O) groups is 1. The summed E-state index contributed by atoms with van der Waals surface area (Å²) in [7, 11) is 0. The van der Waals surface area contributed by atoms with E-state index in [1.54, 1.807) is 27.9 Å². The summed E-state index contributed by atoms with van der Waals surface area (Å²) in [4.78, 5) is 22.3. The number of amides is 1. The number of unbranched alkanes of at least 4 members (excludes halogenated alkanes) is 1. The first-order valence-corrected chi connectivity index (χ1v) is 12.9. The van der Waals surface area contributed by atoms with Gasteiger partial charge < -0.3 is 9.64 Å². The van der Waals surface area contributed by atoms with E-state index < -0.39 is 5.82 Å². The molecular weight excluding hydrogens is 469 g/mol. The molecule has 0 radical (unpaired) electrons. The molecule has 0 spiro atoms. The molecule has 0 aliphatic carbocycles. The summed E-state index contributed by atoms with van der Waals surface area (Å²) >= 11 is 6.03. The number of hydrogen-bond acceptors (Lipinski definition) is 5. The fraction of sp³-hybridized carbons (Fsp3) is 0.500. The number of ether oxygens (including phenoxy) is 1. The molecule has 3 aromatic rings. The van der Waals surface area contributed by atoms with Crippen LogP contribution in [0.1, 0.15) is 67.1 Å². The third kappa shape index (κ3) is 4.16. The average Bonchev–Trinajstić information content (AvgIpc) is 3.46. The van der Waals surface area contributed by atoms with Gasteiger partial charge in [0.25, 0.3) is 5.91 Å². The third-order valence-electron chi connectivity index (χ3n) is 7.67. The van der Waals surface area contributed by atoms with Gasteiger partial charge in [0.1, 0.15) is 17.7 Å². The van der Waals surface area contributed by atoms with Crippen LogP contribution in [0, 0.1) is 5.82 Å². The number of carbonyl (C=O) groups excluding carboxylic acids is 1. The summed E-state index contributed by atoms with van der Waals surface area (Å²) in [6.45, 7) is 4.13. The number of hydrogen-bond donors (Lipinski definition) is 0. The first-order chi connectivity index (χ1) is 17.0. The van der Waals surface area contributed by atoms with Gasteiger partial charge in [0.2, 0.25) is 0 Å². The summed E-state index contributed by atoms with van der Waals surface area (Å²) in [5.74, 6) is -0.248. The molecule has 0 N–H and O–H groups in total. The highest BCUT2D eigenvalue weighted by Gasteiger charge is 2.41. The van der Waals surface area contributed by atoms with Crippen molar-refractivity contribution in [3.63, 3.8) is 0 Å². The van der Waals surface area contributed by atoms with Crippen molar-refractivity contribution in [1.82, 2.24) is 24.4 Å². The maximum atomic E-state index is 14.2. The molecule has 2 fully saturated rings.